The van der Waals surface area contributed by atoms with E-state index < -0.39 is 15.8 Å². The van der Waals surface area contributed by atoms with Crippen molar-refractivity contribution in [1.82, 2.24) is 4.31 Å². The molecule has 0 amide bonds. The summed E-state index contributed by atoms with van der Waals surface area (Å²) < 4.78 is 42.8. The van der Waals surface area contributed by atoms with E-state index in [1.807, 2.05) is 13.8 Å². The molecular formula is C14H27NO5S. The summed E-state index contributed by atoms with van der Waals surface area (Å²) in [5.41, 5.74) is 0. The number of sulfonamides is 1. The van der Waals surface area contributed by atoms with Crippen LogP contribution in [0.4, 0.5) is 0 Å². The number of rotatable bonds is 6. The van der Waals surface area contributed by atoms with E-state index in [9.17, 15) is 8.42 Å². The second-order valence-electron chi connectivity index (χ2n) is 6.09. The molecule has 0 aromatic rings. The summed E-state index contributed by atoms with van der Waals surface area (Å²) in [6.07, 6.45) is 3.14. The van der Waals surface area contributed by atoms with Gasteiger partial charge in [-0.3, -0.25) is 0 Å². The van der Waals surface area contributed by atoms with Crippen LogP contribution >= 0.6 is 0 Å². The maximum atomic E-state index is 12.3. The summed E-state index contributed by atoms with van der Waals surface area (Å²) in [5, 5.41) is 0. The molecule has 2 fully saturated rings. The Morgan fingerprint density at radius 1 is 1.24 bits per heavy atom. The Balaban J connectivity index is 1.84. The van der Waals surface area contributed by atoms with Crippen molar-refractivity contribution in [1.29, 1.82) is 0 Å². The van der Waals surface area contributed by atoms with Gasteiger partial charge in [0.1, 0.15) is 0 Å². The summed E-state index contributed by atoms with van der Waals surface area (Å²) in [5.74, 6) is -0.405. The Bertz CT molecular complexity index is 421. The third kappa shape index (κ3) is 4.39. The lowest BCUT2D eigenvalue weighted by molar-refractivity contribution is -0.181. The molecule has 0 radical (unpaired) electrons. The molecule has 1 aliphatic heterocycles. The molecule has 1 heterocycles. The fraction of sp³-hybridized carbons (Fsp3) is 1.00. The molecule has 1 spiro atoms. The van der Waals surface area contributed by atoms with Gasteiger partial charge in [0.25, 0.3) is 0 Å². The van der Waals surface area contributed by atoms with Gasteiger partial charge in [-0.15, -0.1) is 0 Å². The lowest BCUT2D eigenvalue weighted by Gasteiger charge is -2.38. The van der Waals surface area contributed by atoms with Crippen LogP contribution in [0.3, 0.4) is 0 Å². The molecule has 21 heavy (non-hydrogen) atoms. The predicted molar refractivity (Wildman–Crippen MR) is 79.5 cm³/mol. The van der Waals surface area contributed by atoms with Crippen LogP contribution in [0.5, 0.6) is 0 Å². The first kappa shape index (κ1) is 17.1. The molecule has 0 unspecified atom stereocenters. The predicted octanol–water partition coefficient (Wildman–Crippen LogP) is 1.36. The Morgan fingerprint density at radius 3 is 2.33 bits per heavy atom. The van der Waals surface area contributed by atoms with Crippen LogP contribution in [0.25, 0.3) is 0 Å². The fourth-order valence-corrected chi connectivity index (χ4v) is 4.21. The average Bonchev–Trinajstić information content (AvgIpc) is 2.86. The van der Waals surface area contributed by atoms with Gasteiger partial charge < -0.3 is 14.2 Å². The highest BCUT2D eigenvalue weighted by Crippen LogP contribution is 2.37. The number of ether oxygens (including phenoxy) is 3. The van der Waals surface area contributed by atoms with E-state index in [4.69, 9.17) is 14.2 Å². The van der Waals surface area contributed by atoms with Gasteiger partial charge in [0.05, 0.1) is 31.7 Å². The molecule has 0 N–H and O–H groups in total. The van der Waals surface area contributed by atoms with Gasteiger partial charge in [-0.2, -0.15) is 0 Å². The lowest BCUT2D eigenvalue weighted by atomic mass is 9.90. The molecule has 1 saturated carbocycles. The monoisotopic (exact) mass is 321 g/mol. The normalized spacial score (nSPS) is 23.5. The van der Waals surface area contributed by atoms with Gasteiger partial charge in [-0.05, 0) is 26.7 Å². The quantitative estimate of drug-likeness (QED) is 0.739. The van der Waals surface area contributed by atoms with E-state index in [-0.39, 0.29) is 24.5 Å². The Labute approximate surface area is 127 Å². The van der Waals surface area contributed by atoms with Crippen LogP contribution in [-0.4, -0.2) is 63.3 Å². The topological polar surface area (TPSA) is 65.1 Å². The van der Waals surface area contributed by atoms with E-state index in [1.165, 1.54) is 4.31 Å². The van der Waals surface area contributed by atoms with Crippen LogP contribution in [0.15, 0.2) is 0 Å². The van der Waals surface area contributed by atoms with Crippen LogP contribution in [0, 0.1) is 0 Å². The average molecular weight is 321 g/mol. The maximum Gasteiger partial charge on any atom is 0.216 e. The minimum atomic E-state index is -3.26. The van der Waals surface area contributed by atoms with Crippen molar-refractivity contribution in [2.45, 2.75) is 57.5 Å². The van der Waals surface area contributed by atoms with Crippen molar-refractivity contribution < 1.29 is 22.6 Å². The molecule has 0 aromatic heterocycles. The zero-order valence-corrected chi connectivity index (χ0v) is 14.0. The summed E-state index contributed by atoms with van der Waals surface area (Å²) in [6.45, 7) is 5.33. The Morgan fingerprint density at radius 2 is 1.81 bits per heavy atom. The van der Waals surface area contributed by atoms with Gasteiger partial charge in [-0.1, -0.05) is 0 Å². The van der Waals surface area contributed by atoms with Crippen molar-refractivity contribution in [3.8, 4) is 0 Å². The molecule has 124 valence electrons. The molecule has 7 heteroatoms. The zero-order chi connectivity index (χ0) is 15.5. The Kier molecular flexibility index (Phi) is 5.65. The highest BCUT2D eigenvalue weighted by atomic mass is 32.2. The SMILES string of the molecule is CC(C)OCCS(=O)(=O)N(C)C1CCC2(CC1)OCCO2. The Hall–Kier alpha value is -0.210. The lowest BCUT2D eigenvalue weighted by Crippen LogP contribution is -2.45. The van der Waals surface area contributed by atoms with Crippen molar-refractivity contribution in [3.63, 3.8) is 0 Å². The standard InChI is InChI=1S/C14H27NO5S/c1-12(2)18-10-11-21(16,17)15(3)13-4-6-14(7-5-13)19-8-9-20-14/h12-13H,4-11H2,1-3H3. The third-order valence-electron chi connectivity index (χ3n) is 4.28. The molecule has 0 aromatic carbocycles. The van der Waals surface area contributed by atoms with Crippen molar-refractivity contribution >= 4 is 10.0 Å². The number of hydrogen-bond donors (Lipinski definition) is 0. The first-order valence-electron chi connectivity index (χ1n) is 7.70. The molecule has 0 atom stereocenters. The molecule has 1 saturated heterocycles. The van der Waals surface area contributed by atoms with E-state index >= 15 is 0 Å². The largest absolute Gasteiger partial charge is 0.378 e. The van der Waals surface area contributed by atoms with E-state index in [0.29, 0.717) is 13.2 Å². The highest BCUT2D eigenvalue weighted by Gasteiger charge is 2.42. The minimum absolute atomic E-state index is 0.0347. The molecule has 2 aliphatic rings. The summed E-state index contributed by atoms with van der Waals surface area (Å²) >= 11 is 0. The zero-order valence-electron chi connectivity index (χ0n) is 13.2. The van der Waals surface area contributed by atoms with E-state index in [0.717, 1.165) is 25.7 Å². The van der Waals surface area contributed by atoms with Gasteiger partial charge in [0.2, 0.25) is 10.0 Å². The van der Waals surface area contributed by atoms with E-state index in [2.05, 4.69) is 0 Å². The first-order valence-corrected chi connectivity index (χ1v) is 9.31. The van der Waals surface area contributed by atoms with Gasteiger partial charge in [0.15, 0.2) is 5.79 Å². The van der Waals surface area contributed by atoms with Crippen molar-refractivity contribution in [2.24, 2.45) is 0 Å². The number of hydrogen-bond acceptors (Lipinski definition) is 5. The van der Waals surface area contributed by atoms with Crippen LogP contribution in [-0.2, 0) is 24.2 Å². The summed E-state index contributed by atoms with van der Waals surface area (Å²) in [7, 11) is -1.59. The fourth-order valence-electron chi connectivity index (χ4n) is 2.95. The van der Waals surface area contributed by atoms with Crippen LogP contribution < -0.4 is 0 Å². The van der Waals surface area contributed by atoms with Crippen molar-refractivity contribution in [2.75, 3.05) is 32.6 Å². The first-order chi connectivity index (χ1) is 9.85. The molecule has 1 aliphatic carbocycles. The van der Waals surface area contributed by atoms with Crippen LogP contribution in [0.1, 0.15) is 39.5 Å². The van der Waals surface area contributed by atoms with Crippen LogP contribution in [0.2, 0.25) is 0 Å². The van der Waals surface area contributed by atoms with Gasteiger partial charge >= 0.3 is 0 Å². The molecule has 0 bridgehead atoms. The second-order valence-corrected chi connectivity index (χ2v) is 8.24. The van der Waals surface area contributed by atoms with E-state index in [1.54, 1.807) is 7.05 Å². The van der Waals surface area contributed by atoms with Crippen molar-refractivity contribution in [3.05, 3.63) is 0 Å². The molecule has 2 rings (SSSR count). The third-order valence-corrected chi connectivity index (χ3v) is 6.13. The number of nitrogens with zero attached hydrogens (tertiary/aromatic N) is 1. The highest BCUT2D eigenvalue weighted by molar-refractivity contribution is 7.89. The maximum absolute atomic E-state index is 12.3. The van der Waals surface area contributed by atoms with Gasteiger partial charge in [0, 0.05) is 25.9 Å². The molecule has 6 nitrogen and oxygen atoms in total. The smallest absolute Gasteiger partial charge is 0.216 e. The summed E-state index contributed by atoms with van der Waals surface area (Å²) in [4.78, 5) is 0. The second kappa shape index (κ2) is 6.91. The van der Waals surface area contributed by atoms with Gasteiger partial charge in [-0.25, -0.2) is 12.7 Å². The minimum Gasteiger partial charge on any atom is -0.378 e. The molecular weight excluding hydrogens is 294 g/mol. The summed E-state index contributed by atoms with van der Waals surface area (Å²) in [6, 6.07) is 0.0347.